The molecule has 1 nitrogen and oxygen atoms in total. The van der Waals surface area contributed by atoms with Gasteiger partial charge in [-0.2, -0.15) is 0 Å². The largest absolute Gasteiger partial charge is 0.306 e. The number of fused-ring (bicyclic) bond motifs is 2. The molecular weight excluding hydrogens is 266 g/mol. The van der Waals surface area contributed by atoms with Gasteiger partial charge in [0.15, 0.2) is 0 Å². The number of benzene rings is 2. The van der Waals surface area contributed by atoms with Crippen molar-refractivity contribution in [2.24, 2.45) is 5.92 Å². The molecular formula is C21H25N. The Morgan fingerprint density at radius 1 is 0.864 bits per heavy atom. The molecule has 1 heterocycles. The van der Waals surface area contributed by atoms with E-state index in [1.807, 2.05) is 0 Å². The van der Waals surface area contributed by atoms with Gasteiger partial charge in [0.05, 0.1) is 0 Å². The van der Waals surface area contributed by atoms with E-state index in [9.17, 15) is 0 Å². The number of nitrogens with zero attached hydrogens (tertiary/aromatic N) is 1. The third kappa shape index (κ3) is 2.48. The molecule has 0 aromatic heterocycles. The maximum absolute atomic E-state index is 2.52. The summed E-state index contributed by atoms with van der Waals surface area (Å²) < 4.78 is 0. The molecule has 0 radical (unpaired) electrons. The molecule has 114 valence electrons. The number of aryl methyl sites for hydroxylation is 2. The van der Waals surface area contributed by atoms with Crippen LogP contribution in [-0.2, 0) is 12.8 Å². The molecule has 2 aromatic carbocycles. The summed E-state index contributed by atoms with van der Waals surface area (Å²) >= 11 is 0. The summed E-state index contributed by atoms with van der Waals surface area (Å²) in [7, 11) is 2.28. The molecule has 1 saturated heterocycles. The summed E-state index contributed by atoms with van der Waals surface area (Å²) in [5.41, 5.74) is 6.31. The first kappa shape index (κ1) is 14.0. The van der Waals surface area contributed by atoms with Crippen LogP contribution in [0.15, 0.2) is 48.5 Å². The van der Waals surface area contributed by atoms with Crippen LogP contribution in [0.1, 0.15) is 41.0 Å². The molecule has 0 amide bonds. The lowest BCUT2D eigenvalue weighted by Gasteiger charge is -2.36. The van der Waals surface area contributed by atoms with Crippen molar-refractivity contribution in [1.29, 1.82) is 0 Å². The fraction of sp³-hybridized carbons (Fsp3) is 0.429. The SMILES string of the molecule is CN1CCCC(C2c3ccccc3CCc3ccccc32)C1. The number of rotatable bonds is 1. The second kappa shape index (κ2) is 5.89. The van der Waals surface area contributed by atoms with E-state index in [1.54, 1.807) is 22.3 Å². The van der Waals surface area contributed by atoms with Gasteiger partial charge in [-0.05, 0) is 67.4 Å². The summed E-state index contributed by atoms with van der Waals surface area (Å²) in [5, 5.41) is 0. The van der Waals surface area contributed by atoms with Crippen molar-refractivity contribution in [2.45, 2.75) is 31.6 Å². The highest BCUT2D eigenvalue weighted by Gasteiger charge is 2.32. The highest BCUT2D eigenvalue weighted by atomic mass is 15.1. The highest BCUT2D eigenvalue weighted by Crippen LogP contribution is 2.42. The monoisotopic (exact) mass is 291 g/mol. The molecule has 1 atom stereocenters. The quantitative estimate of drug-likeness (QED) is 0.759. The van der Waals surface area contributed by atoms with Crippen molar-refractivity contribution < 1.29 is 0 Å². The Bertz CT molecular complexity index is 613. The van der Waals surface area contributed by atoms with E-state index in [-0.39, 0.29) is 0 Å². The molecule has 2 aromatic rings. The highest BCUT2D eigenvalue weighted by molar-refractivity contribution is 5.45. The van der Waals surface area contributed by atoms with E-state index in [0.717, 1.165) is 5.92 Å². The normalized spacial score (nSPS) is 22.7. The van der Waals surface area contributed by atoms with Gasteiger partial charge in [0.1, 0.15) is 0 Å². The molecule has 1 unspecified atom stereocenters. The van der Waals surface area contributed by atoms with Crippen LogP contribution in [0, 0.1) is 5.92 Å². The van der Waals surface area contributed by atoms with Crippen LogP contribution in [0.25, 0.3) is 0 Å². The van der Waals surface area contributed by atoms with Crippen molar-refractivity contribution in [3.8, 4) is 0 Å². The molecule has 1 aliphatic carbocycles. The average molecular weight is 291 g/mol. The van der Waals surface area contributed by atoms with Crippen molar-refractivity contribution in [2.75, 3.05) is 20.1 Å². The molecule has 0 N–H and O–H groups in total. The van der Waals surface area contributed by atoms with E-state index in [0.29, 0.717) is 5.92 Å². The predicted octanol–water partition coefficient (Wildman–Crippen LogP) is 4.26. The van der Waals surface area contributed by atoms with Gasteiger partial charge in [-0.3, -0.25) is 0 Å². The van der Waals surface area contributed by atoms with Gasteiger partial charge in [0.2, 0.25) is 0 Å². The number of piperidine rings is 1. The second-order valence-electron chi connectivity index (χ2n) is 7.04. The lowest BCUT2D eigenvalue weighted by molar-refractivity contribution is 0.196. The van der Waals surface area contributed by atoms with E-state index in [1.165, 1.54) is 38.8 Å². The second-order valence-corrected chi connectivity index (χ2v) is 7.04. The van der Waals surface area contributed by atoms with Crippen molar-refractivity contribution >= 4 is 0 Å². The molecule has 22 heavy (non-hydrogen) atoms. The number of likely N-dealkylation sites (tertiary alicyclic amines) is 1. The molecule has 1 fully saturated rings. The molecule has 0 spiro atoms. The average Bonchev–Trinajstić information content (AvgIpc) is 2.71. The molecule has 1 heteroatoms. The summed E-state index contributed by atoms with van der Waals surface area (Å²) in [6.45, 7) is 2.49. The van der Waals surface area contributed by atoms with Gasteiger partial charge in [-0.25, -0.2) is 0 Å². The summed E-state index contributed by atoms with van der Waals surface area (Å²) in [6.07, 6.45) is 5.07. The van der Waals surface area contributed by atoms with Crippen molar-refractivity contribution in [3.63, 3.8) is 0 Å². The van der Waals surface area contributed by atoms with Gasteiger partial charge >= 0.3 is 0 Å². The zero-order valence-electron chi connectivity index (χ0n) is 13.5. The van der Waals surface area contributed by atoms with Crippen LogP contribution in [0.2, 0.25) is 0 Å². The Morgan fingerprint density at radius 2 is 1.45 bits per heavy atom. The zero-order valence-corrected chi connectivity index (χ0v) is 13.5. The van der Waals surface area contributed by atoms with Crippen molar-refractivity contribution in [3.05, 3.63) is 70.8 Å². The molecule has 4 rings (SSSR count). The van der Waals surface area contributed by atoms with E-state index >= 15 is 0 Å². The minimum absolute atomic E-state index is 0.581. The third-order valence-corrected chi connectivity index (χ3v) is 5.58. The molecule has 1 aliphatic heterocycles. The van der Waals surface area contributed by atoms with Crippen LogP contribution >= 0.6 is 0 Å². The van der Waals surface area contributed by atoms with Gasteiger partial charge in [-0.1, -0.05) is 48.5 Å². The maximum atomic E-state index is 2.52. The summed E-state index contributed by atoms with van der Waals surface area (Å²) in [5.74, 6) is 1.33. The van der Waals surface area contributed by atoms with Crippen molar-refractivity contribution in [1.82, 2.24) is 4.90 Å². The van der Waals surface area contributed by atoms with Gasteiger partial charge in [-0.15, -0.1) is 0 Å². The Morgan fingerprint density at radius 3 is 2.05 bits per heavy atom. The number of hydrogen-bond donors (Lipinski definition) is 0. The lowest BCUT2D eigenvalue weighted by atomic mass is 9.75. The minimum atomic E-state index is 0.581. The third-order valence-electron chi connectivity index (χ3n) is 5.58. The topological polar surface area (TPSA) is 3.24 Å². The van der Waals surface area contributed by atoms with E-state index in [2.05, 4.69) is 60.5 Å². The smallest absolute Gasteiger partial charge is 0.0135 e. The Labute approximate surface area is 134 Å². The van der Waals surface area contributed by atoms with Crippen LogP contribution in [0.5, 0.6) is 0 Å². The fourth-order valence-electron chi connectivity index (χ4n) is 4.55. The maximum Gasteiger partial charge on any atom is 0.0135 e. The van der Waals surface area contributed by atoms with Crippen LogP contribution < -0.4 is 0 Å². The summed E-state index contributed by atoms with van der Waals surface area (Å²) in [6, 6.07) is 18.3. The first-order valence-corrected chi connectivity index (χ1v) is 8.67. The first-order valence-electron chi connectivity index (χ1n) is 8.67. The Kier molecular flexibility index (Phi) is 3.75. The van der Waals surface area contributed by atoms with E-state index in [4.69, 9.17) is 0 Å². The Balaban J connectivity index is 1.83. The van der Waals surface area contributed by atoms with Crippen LogP contribution in [0.4, 0.5) is 0 Å². The fourth-order valence-corrected chi connectivity index (χ4v) is 4.55. The van der Waals surface area contributed by atoms with Gasteiger partial charge in [0.25, 0.3) is 0 Å². The molecule has 2 aliphatic rings. The first-order chi connectivity index (χ1) is 10.8. The van der Waals surface area contributed by atoms with Crippen LogP contribution in [0.3, 0.4) is 0 Å². The van der Waals surface area contributed by atoms with Crippen LogP contribution in [-0.4, -0.2) is 25.0 Å². The predicted molar refractivity (Wildman–Crippen MR) is 92.4 cm³/mol. The molecule has 0 saturated carbocycles. The number of hydrogen-bond acceptors (Lipinski definition) is 1. The van der Waals surface area contributed by atoms with Gasteiger partial charge in [0, 0.05) is 12.5 Å². The minimum Gasteiger partial charge on any atom is -0.306 e. The summed E-state index contributed by atoms with van der Waals surface area (Å²) in [4.78, 5) is 2.52. The van der Waals surface area contributed by atoms with E-state index < -0.39 is 0 Å². The Hall–Kier alpha value is -1.60. The lowest BCUT2D eigenvalue weighted by Crippen LogP contribution is -2.35. The van der Waals surface area contributed by atoms with Gasteiger partial charge < -0.3 is 4.90 Å². The zero-order chi connectivity index (χ0) is 14.9. The molecule has 0 bridgehead atoms. The standard InChI is InChI=1S/C21H25N/c1-22-14-6-9-18(15-22)21-19-10-4-2-7-16(19)12-13-17-8-3-5-11-20(17)21/h2-5,7-8,10-11,18,21H,6,9,12-15H2,1H3.